The molecule has 0 N–H and O–H groups in total. The van der Waals surface area contributed by atoms with Gasteiger partial charge in [0.25, 0.3) is 0 Å². The third-order valence-electron chi connectivity index (χ3n) is 8.09. The molecule has 0 aliphatic rings. The second-order valence-electron chi connectivity index (χ2n) is 11.2. The maximum absolute atomic E-state index is 7.86. The minimum absolute atomic E-state index is 0.479. The molecule has 47 heavy (non-hydrogen) atoms. The second-order valence-corrected chi connectivity index (χ2v) is 11.2. The Balaban J connectivity index is 1.36. The lowest BCUT2D eigenvalue weighted by Gasteiger charge is -2.12. The fourth-order valence-electron chi connectivity index (χ4n) is 6.00. The molecule has 8 aromatic rings. The molecule has 8 heteroatoms. The average Bonchev–Trinajstić information content (AvgIpc) is 3.45. The zero-order chi connectivity index (χ0) is 31.9. The van der Waals surface area contributed by atoms with Gasteiger partial charge in [0.1, 0.15) is 11.6 Å². The third-order valence-corrected chi connectivity index (χ3v) is 8.09. The van der Waals surface area contributed by atoms with Crippen LogP contribution < -0.4 is 0 Å². The molecular formula is C39H26N8. The Morgan fingerprint density at radius 2 is 1.06 bits per heavy atom. The van der Waals surface area contributed by atoms with Crippen molar-refractivity contribution in [2.45, 2.75) is 13.8 Å². The van der Waals surface area contributed by atoms with Crippen LogP contribution in [0.5, 0.6) is 0 Å². The summed E-state index contributed by atoms with van der Waals surface area (Å²) in [5.74, 6) is 3.50. The summed E-state index contributed by atoms with van der Waals surface area (Å²) in [6, 6.07) is 40.4. The number of hydrogen-bond donors (Lipinski definition) is 0. The predicted molar refractivity (Wildman–Crippen MR) is 185 cm³/mol. The molecule has 0 unspecified atom stereocenters. The summed E-state index contributed by atoms with van der Waals surface area (Å²) >= 11 is 0. The lowest BCUT2D eigenvalue weighted by Crippen LogP contribution is -2.01. The van der Waals surface area contributed by atoms with Gasteiger partial charge in [-0.05, 0) is 38.1 Å². The van der Waals surface area contributed by atoms with Crippen molar-refractivity contribution in [2.24, 2.45) is 0 Å². The molecule has 0 amide bonds. The topological polar surface area (TPSA) is 86.6 Å². The van der Waals surface area contributed by atoms with Crippen LogP contribution in [0.3, 0.4) is 0 Å². The van der Waals surface area contributed by atoms with Crippen LogP contribution in [-0.2, 0) is 0 Å². The van der Waals surface area contributed by atoms with Gasteiger partial charge < -0.3 is 4.57 Å². The first-order valence-electron chi connectivity index (χ1n) is 15.2. The molecule has 0 aliphatic carbocycles. The molecule has 0 saturated heterocycles. The molecule has 222 valence electrons. The Kier molecular flexibility index (Phi) is 6.77. The number of para-hydroxylation sites is 1. The van der Waals surface area contributed by atoms with Crippen molar-refractivity contribution >= 4 is 27.5 Å². The van der Waals surface area contributed by atoms with E-state index < -0.39 is 0 Å². The van der Waals surface area contributed by atoms with Gasteiger partial charge in [-0.1, -0.05) is 97.1 Å². The maximum Gasteiger partial charge on any atom is 0.198 e. The van der Waals surface area contributed by atoms with Gasteiger partial charge in [0.2, 0.25) is 0 Å². The van der Waals surface area contributed by atoms with Crippen LogP contribution in [0.2, 0.25) is 0 Å². The van der Waals surface area contributed by atoms with Crippen LogP contribution in [0.15, 0.2) is 121 Å². The van der Waals surface area contributed by atoms with E-state index >= 15 is 0 Å². The number of fused-ring (bicyclic) bond motifs is 3. The van der Waals surface area contributed by atoms with Gasteiger partial charge in [0, 0.05) is 38.7 Å². The van der Waals surface area contributed by atoms with Gasteiger partial charge in [-0.3, -0.25) is 0 Å². The molecule has 0 bridgehead atoms. The molecule has 3 aromatic heterocycles. The number of nitrogens with zero attached hydrogens (tertiary/aromatic N) is 8. The highest BCUT2D eigenvalue weighted by atomic mass is 15.0. The molecule has 8 nitrogen and oxygen atoms in total. The quantitative estimate of drug-likeness (QED) is 0.182. The number of benzene rings is 5. The monoisotopic (exact) mass is 606 g/mol. The van der Waals surface area contributed by atoms with Gasteiger partial charge >= 0.3 is 0 Å². The zero-order valence-electron chi connectivity index (χ0n) is 25.6. The van der Waals surface area contributed by atoms with Crippen LogP contribution in [0.4, 0.5) is 5.69 Å². The molecule has 0 aliphatic heterocycles. The highest BCUT2D eigenvalue weighted by Crippen LogP contribution is 2.37. The van der Waals surface area contributed by atoms with E-state index in [-0.39, 0.29) is 0 Å². The highest BCUT2D eigenvalue weighted by Gasteiger charge is 2.18. The third kappa shape index (κ3) is 5.06. The lowest BCUT2D eigenvalue weighted by molar-refractivity contribution is 0.929. The van der Waals surface area contributed by atoms with E-state index in [4.69, 9.17) is 21.5 Å². The SMILES string of the molecule is [C-]#[N+]c1ccc(-n2c3ccccc3c3ccc(-c4nc(-c5ccccc5)nc(-c5ccccc5)n4)cc32)cc1-c1nc(C)nc(C)n1. The van der Waals surface area contributed by atoms with Crippen LogP contribution in [0, 0.1) is 20.4 Å². The first-order chi connectivity index (χ1) is 23.1. The minimum atomic E-state index is 0.479. The Hall–Kier alpha value is -6.59. The Morgan fingerprint density at radius 3 is 1.70 bits per heavy atom. The molecule has 0 spiro atoms. The molecule has 8 rings (SSSR count). The molecule has 3 heterocycles. The van der Waals surface area contributed by atoms with E-state index in [2.05, 4.69) is 54.7 Å². The van der Waals surface area contributed by atoms with Gasteiger partial charge in [0.05, 0.1) is 17.6 Å². The van der Waals surface area contributed by atoms with Crippen molar-refractivity contribution in [3.63, 3.8) is 0 Å². The fourth-order valence-corrected chi connectivity index (χ4v) is 6.00. The summed E-state index contributed by atoms with van der Waals surface area (Å²) in [5, 5.41) is 2.20. The van der Waals surface area contributed by atoms with Gasteiger partial charge in [-0.2, -0.15) is 0 Å². The van der Waals surface area contributed by atoms with E-state index in [1.807, 2.05) is 105 Å². The average molecular weight is 607 g/mol. The molecule has 0 radical (unpaired) electrons. The largest absolute Gasteiger partial charge is 0.309 e. The molecule has 0 saturated carbocycles. The summed E-state index contributed by atoms with van der Waals surface area (Å²) < 4.78 is 2.21. The number of hydrogen-bond acceptors (Lipinski definition) is 6. The summed E-state index contributed by atoms with van der Waals surface area (Å²) in [6.07, 6.45) is 0. The van der Waals surface area contributed by atoms with Crippen LogP contribution in [-0.4, -0.2) is 34.5 Å². The standard InChI is InChI=1S/C39H26N8/c1-24-41-25(2)43-39(42-24)32-23-29(19-21-33(32)40-3)47-34-17-11-10-16-30(34)31-20-18-28(22-35(31)47)38-45-36(26-12-6-4-7-13-26)44-37(46-38)27-14-8-5-9-15-27/h4-23H,1-2H3. The highest BCUT2D eigenvalue weighted by molar-refractivity contribution is 6.10. The van der Waals surface area contributed by atoms with E-state index in [9.17, 15) is 0 Å². The van der Waals surface area contributed by atoms with Crippen molar-refractivity contribution in [2.75, 3.05) is 0 Å². The number of rotatable bonds is 5. The lowest BCUT2D eigenvalue weighted by atomic mass is 10.1. The van der Waals surface area contributed by atoms with Crippen LogP contribution in [0.25, 0.3) is 77.9 Å². The second kappa shape index (κ2) is 11.4. The first kappa shape index (κ1) is 27.9. The van der Waals surface area contributed by atoms with Gasteiger partial charge in [0.15, 0.2) is 29.0 Å². The summed E-state index contributed by atoms with van der Waals surface area (Å²) in [7, 11) is 0. The van der Waals surface area contributed by atoms with E-state index in [0.717, 1.165) is 44.2 Å². The van der Waals surface area contributed by atoms with Gasteiger partial charge in [-0.15, -0.1) is 0 Å². The number of aryl methyl sites for hydroxylation is 2. The fraction of sp³-hybridized carbons (Fsp3) is 0.0513. The zero-order valence-corrected chi connectivity index (χ0v) is 25.6. The number of aromatic nitrogens is 7. The van der Waals surface area contributed by atoms with Crippen molar-refractivity contribution in [1.82, 2.24) is 34.5 Å². The Morgan fingerprint density at radius 1 is 0.489 bits per heavy atom. The molecule has 5 aromatic carbocycles. The normalized spacial score (nSPS) is 11.2. The Labute approximate surface area is 271 Å². The first-order valence-corrected chi connectivity index (χ1v) is 15.2. The maximum atomic E-state index is 7.86. The summed E-state index contributed by atoms with van der Waals surface area (Å²) in [5.41, 5.74) is 6.74. The van der Waals surface area contributed by atoms with Gasteiger partial charge in [-0.25, -0.2) is 34.7 Å². The molecule has 0 atom stereocenters. The van der Waals surface area contributed by atoms with Crippen molar-refractivity contribution in [3.05, 3.63) is 144 Å². The van der Waals surface area contributed by atoms with E-state index in [0.29, 0.717) is 46.2 Å². The Bertz CT molecular complexity index is 2420. The van der Waals surface area contributed by atoms with Crippen molar-refractivity contribution < 1.29 is 0 Å². The van der Waals surface area contributed by atoms with Crippen molar-refractivity contribution in [1.29, 1.82) is 0 Å². The molecule has 0 fully saturated rings. The van der Waals surface area contributed by atoms with Crippen molar-refractivity contribution in [3.8, 4) is 51.2 Å². The summed E-state index contributed by atoms with van der Waals surface area (Å²) in [4.78, 5) is 32.1. The van der Waals surface area contributed by atoms with Crippen LogP contribution in [0.1, 0.15) is 11.6 Å². The van der Waals surface area contributed by atoms with E-state index in [1.165, 1.54) is 0 Å². The van der Waals surface area contributed by atoms with E-state index in [1.54, 1.807) is 0 Å². The minimum Gasteiger partial charge on any atom is -0.309 e. The van der Waals surface area contributed by atoms with Crippen LogP contribution >= 0.6 is 0 Å². The smallest absolute Gasteiger partial charge is 0.198 e. The molecular weight excluding hydrogens is 580 g/mol. The predicted octanol–water partition coefficient (Wildman–Crippen LogP) is 8.99. The summed E-state index contributed by atoms with van der Waals surface area (Å²) in [6.45, 7) is 11.5.